The predicted octanol–water partition coefficient (Wildman–Crippen LogP) is 4.89. The van der Waals surface area contributed by atoms with Crippen LogP contribution in [-0.2, 0) is 0 Å². The largest absolute Gasteiger partial charge is 0.487 e. The van der Waals surface area contributed by atoms with Crippen molar-refractivity contribution in [3.8, 4) is 5.75 Å². The molecule has 0 fully saturated rings. The number of rotatable bonds is 2. The SMILES string of the molecule is Cc1cccc(NC(=S)NC2CC(C)(C)Oc3ccc(C)cc32)c1. The van der Waals surface area contributed by atoms with Crippen molar-refractivity contribution < 1.29 is 4.74 Å². The number of fused-ring (bicyclic) bond motifs is 1. The van der Waals surface area contributed by atoms with Gasteiger partial charge in [-0.2, -0.15) is 0 Å². The Morgan fingerprint density at radius 2 is 1.88 bits per heavy atom. The third kappa shape index (κ3) is 3.88. The van der Waals surface area contributed by atoms with Gasteiger partial charge in [-0.15, -0.1) is 0 Å². The summed E-state index contributed by atoms with van der Waals surface area (Å²) >= 11 is 5.53. The molecule has 0 aliphatic carbocycles. The fourth-order valence-electron chi connectivity index (χ4n) is 3.15. The van der Waals surface area contributed by atoms with Crippen LogP contribution in [-0.4, -0.2) is 10.7 Å². The molecule has 0 radical (unpaired) electrons. The van der Waals surface area contributed by atoms with Gasteiger partial charge in [-0.1, -0.05) is 29.8 Å². The number of thiocarbonyl (C=S) groups is 1. The van der Waals surface area contributed by atoms with Gasteiger partial charge in [0.05, 0.1) is 6.04 Å². The standard InChI is InChI=1S/C20H24N2OS/c1-13-6-5-7-15(10-13)21-19(24)22-17-12-20(3,4)23-18-9-8-14(2)11-16(17)18/h5-11,17H,12H2,1-4H3,(H2,21,22,24). The third-order valence-electron chi connectivity index (χ3n) is 4.20. The molecule has 1 atom stereocenters. The molecule has 1 aliphatic heterocycles. The molecule has 2 aromatic rings. The lowest BCUT2D eigenvalue weighted by molar-refractivity contribution is 0.0696. The zero-order valence-corrected chi connectivity index (χ0v) is 15.5. The highest BCUT2D eigenvalue weighted by Gasteiger charge is 2.34. The molecule has 126 valence electrons. The first-order valence-corrected chi connectivity index (χ1v) is 8.67. The average Bonchev–Trinajstić information content (AvgIpc) is 2.47. The summed E-state index contributed by atoms with van der Waals surface area (Å²) in [6.45, 7) is 8.39. The van der Waals surface area contributed by atoms with Crippen molar-refractivity contribution in [1.82, 2.24) is 5.32 Å². The number of hydrogen-bond acceptors (Lipinski definition) is 2. The highest BCUT2D eigenvalue weighted by molar-refractivity contribution is 7.80. The number of anilines is 1. The second-order valence-corrected chi connectivity index (χ2v) is 7.54. The quantitative estimate of drug-likeness (QED) is 0.763. The molecule has 2 N–H and O–H groups in total. The van der Waals surface area contributed by atoms with E-state index >= 15 is 0 Å². The van der Waals surface area contributed by atoms with Crippen LogP contribution >= 0.6 is 12.2 Å². The zero-order valence-electron chi connectivity index (χ0n) is 14.6. The van der Waals surface area contributed by atoms with Gasteiger partial charge < -0.3 is 15.4 Å². The van der Waals surface area contributed by atoms with Gasteiger partial charge in [-0.3, -0.25) is 0 Å². The molecular formula is C20H24N2OS. The molecule has 2 aromatic carbocycles. The smallest absolute Gasteiger partial charge is 0.171 e. The van der Waals surface area contributed by atoms with E-state index in [1.165, 1.54) is 16.7 Å². The van der Waals surface area contributed by atoms with Crippen LogP contribution in [0.1, 0.15) is 43.0 Å². The summed E-state index contributed by atoms with van der Waals surface area (Å²) < 4.78 is 6.12. The topological polar surface area (TPSA) is 33.3 Å². The molecule has 1 unspecified atom stereocenters. The van der Waals surface area contributed by atoms with Crippen molar-refractivity contribution in [3.63, 3.8) is 0 Å². The summed E-state index contributed by atoms with van der Waals surface area (Å²) in [6, 6.07) is 14.6. The maximum atomic E-state index is 6.12. The summed E-state index contributed by atoms with van der Waals surface area (Å²) in [5, 5.41) is 7.38. The number of hydrogen-bond donors (Lipinski definition) is 2. The second-order valence-electron chi connectivity index (χ2n) is 7.13. The van der Waals surface area contributed by atoms with Crippen molar-refractivity contribution in [1.29, 1.82) is 0 Å². The van der Waals surface area contributed by atoms with Gasteiger partial charge in [0, 0.05) is 17.7 Å². The van der Waals surface area contributed by atoms with Crippen LogP contribution < -0.4 is 15.4 Å². The van der Waals surface area contributed by atoms with E-state index in [9.17, 15) is 0 Å². The Labute approximate surface area is 149 Å². The van der Waals surface area contributed by atoms with Gasteiger partial charge in [-0.25, -0.2) is 0 Å². The Bertz CT molecular complexity index is 770. The van der Waals surface area contributed by atoms with Gasteiger partial charge in [-0.05, 0) is 63.7 Å². The number of nitrogens with one attached hydrogen (secondary N) is 2. The first kappa shape index (κ1) is 16.8. The Morgan fingerprint density at radius 1 is 1.12 bits per heavy atom. The Balaban J connectivity index is 1.79. The van der Waals surface area contributed by atoms with Crippen molar-refractivity contribution in [3.05, 3.63) is 59.2 Å². The van der Waals surface area contributed by atoms with Crippen LogP contribution in [0, 0.1) is 13.8 Å². The zero-order chi connectivity index (χ0) is 17.3. The highest BCUT2D eigenvalue weighted by Crippen LogP contribution is 2.39. The lowest BCUT2D eigenvalue weighted by Gasteiger charge is -2.38. The summed E-state index contributed by atoms with van der Waals surface area (Å²) in [7, 11) is 0. The molecular weight excluding hydrogens is 316 g/mol. The molecule has 0 aromatic heterocycles. The molecule has 0 bridgehead atoms. The lowest BCUT2D eigenvalue weighted by Crippen LogP contribution is -2.42. The monoisotopic (exact) mass is 340 g/mol. The predicted molar refractivity (Wildman–Crippen MR) is 104 cm³/mol. The van der Waals surface area contributed by atoms with Gasteiger partial charge in [0.1, 0.15) is 11.4 Å². The van der Waals surface area contributed by atoms with Crippen molar-refractivity contribution in [2.45, 2.75) is 45.8 Å². The van der Waals surface area contributed by atoms with Gasteiger partial charge >= 0.3 is 0 Å². The van der Waals surface area contributed by atoms with Gasteiger partial charge in [0.25, 0.3) is 0 Å². The Hall–Kier alpha value is -2.07. The minimum Gasteiger partial charge on any atom is -0.487 e. The van der Waals surface area contributed by atoms with Crippen LogP contribution in [0.5, 0.6) is 5.75 Å². The second kappa shape index (κ2) is 6.44. The molecule has 1 heterocycles. The normalized spacial score (nSPS) is 18.2. The maximum absolute atomic E-state index is 6.12. The van der Waals surface area contributed by atoms with E-state index in [-0.39, 0.29) is 11.6 Å². The highest BCUT2D eigenvalue weighted by atomic mass is 32.1. The van der Waals surface area contributed by atoms with Crippen LogP contribution in [0.4, 0.5) is 5.69 Å². The van der Waals surface area contributed by atoms with Crippen molar-refractivity contribution in [2.24, 2.45) is 0 Å². The minimum atomic E-state index is -0.223. The van der Waals surface area contributed by atoms with E-state index in [2.05, 4.69) is 68.7 Å². The first-order valence-electron chi connectivity index (χ1n) is 8.26. The molecule has 24 heavy (non-hydrogen) atoms. The molecule has 0 spiro atoms. The maximum Gasteiger partial charge on any atom is 0.171 e. The van der Waals surface area contributed by atoms with E-state index in [0.717, 1.165) is 17.9 Å². The molecule has 0 amide bonds. The first-order chi connectivity index (χ1) is 11.3. The molecule has 3 nitrogen and oxygen atoms in total. The van der Waals surface area contributed by atoms with E-state index in [1.54, 1.807) is 0 Å². The summed E-state index contributed by atoms with van der Waals surface area (Å²) in [5.74, 6) is 0.938. The number of benzene rings is 2. The summed E-state index contributed by atoms with van der Waals surface area (Å²) in [4.78, 5) is 0. The molecule has 3 rings (SSSR count). The van der Waals surface area contributed by atoms with E-state index in [0.29, 0.717) is 5.11 Å². The molecule has 0 saturated carbocycles. The number of aryl methyl sites for hydroxylation is 2. The van der Waals surface area contributed by atoms with Crippen LogP contribution in [0.2, 0.25) is 0 Å². The molecule has 0 saturated heterocycles. The number of ether oxygens (including phenoxy) is 1. The van der Waals surface area contributed by atoms with E-state index in [1.807, 2.05) is 12.1 Å². The van der Waals surface area contributed by atoms with Crippen molar-refractivity contribution >= 4 is 23.0 Å². The fourth-order valence-corrected chi connectivity index (χ4v) is 3.41. The van der Waals surface area contributed by atoms with Gasteiger partial charge in [0.2, 0.25) is 0 Å². The molecule has 1 aliphatic rings. The third-order valence-corrected chi connectivity index (χ3v) is 4.42. The summed E-state index contributed by atoms with van der Waals surface area (Å²) in [5.41, 5.74) is 4.38. The summed E-state index contributed by atoms with van der Waals surface area (Å²) in [6.07, 6.45) is 0.860. The van der Waals surface area contributed by atoms with Crippen molar-refractivity contribution in [2.75, 3.05) is 5.32 Å². The van der Waals surface area contributed by atoms with Crippen LogP contribution in [0.25, 0.3) is 0 Å². The van der Waals surface area contributed by atoms with Crippen LogP contribution in [0.15, 0.2) is 42.5 Å². The van der Waals surface area contributed by atoms with E-state index in [4.69, 9.17) is 17.0 Å². The Kier molecular flexibility index (Phi) is 4.50. The van der Waals surface area contributed by atoms with E-state index < -0.39 is 0 Å². The lowest BCUT2D eigenvalue weighted by atomic mass is 9.89. The fraction of sp³-hybridized carbons (Fsp3) is 0.350. The Morgan fingerprint density at radius 3 is 2.62 bits per heavy atom. The van der Waals surface area contributed by atoms with Gasteiger partial charge in [0.15, 0.2) is 5.11 Å². The molecule has 4 heteroatoms. The van der Waals surface area contributed by atoms with Crippen LogP contribution in [0.3, 0.4) is 0 Å². The average molecular weight is 340 g/mol. The minimum absolute atomic E-state index is 0.133.